The SMILES string of the molecule is Cc1cc2oc(=O)cc(COC(=O)c3ccc(C)c(O)c3)c2cc1C. The average molecular weight is 338 g/mol. The molecule has 0 saturated heterocycles. The molecular weight excluding hydrogens is 320 g/mol. The minimum atomic E-state index is -0.569. The zero-order chi connectivity index (χ0) is 18.1. The number of benzene rings is 2. The first-order valence-corrected chi connectivity index (χ1v) is 7.86. The van der Waals surface area contributed by atoms with Crippen LogP contribution >= 0.6 is 0 Å². The topological polar surface area (TPSA) is 76.7 Å². The Kier molecular flexibility index (Phi) is 4.31. The molecule has 0 atom stereocenters. The van der Waals surface area contributed by atoms with Gasteiger partial charge in [0.05, 0.1) is 5.56 Å². The van der Waals surface area contributed by atoms with E-state index < -0.39 is 11.6 Å². The van der Waals surface area contributed by atoms with Gasteiger partial charge in [-0.1, -0.05) is 6.07 Å². The molecule has 2 aromatic carbocycles. The van der Waals surface area contributed by atoms with Crippen LogP contribution < -0.4 is 5.63 Å². The van der Waals surface area contributed by atoms with Gasteiger partial charge in [0, 0.05) is 17.0 Å². The summed E-state index contributed by atoms with van der Waals surface area (Å²) in [5.74, 6) is -0.535. The van der Waals surface area contributed by atoms with Gasteiger partial charge in [-0.05, 0) is 61.7 Å². The Morgan fingerprint density at radius 2 is 1.76 bits per heavy atom. The molecule has 5 heteroatoms. The number of phenols is 1. The fourth-order valence-corrected chi connectivity index (χ4v) is 2.57. The summed E-state index contributed by atoms with van der Waals surface area (Å²) in [5.41, 5.74) is 3.55. The van der Waals surface area contributed by atoms with Crippen LogP contribution in [0.2, 0.25) is 0 Å². The van der Waals surface area contributed by atoms with Crippen molar-refractivity contribution in [2.75, 3.05) is 0 Å². The maximum absolute atomic E-state index is 12.2. The number of aromatic hydroxyl groups is 1. The fourth-order valence-electron chi connectivity index (χ4n) is 2.57. The number of aryl methyl sites for hydroxylation is 3. The molecule has 25 heavy (non-hydrogen) atoms. The van der Waals surface area contributed by atoms with Gasteiger partial charge in [-0.3, -0.25) is 0 Å². The number of esters is 1. The third kappa shape index (κ3) is 3.40. The van der Waals surface area contributed by atoms with Gasteiger partial charge >= 0.3 is 11.6 Å². The summed E-state index contributed by atoms with van der Waals surface area (Å²) in [4.78, 5) is 23.9. The second kappa shape index (κ2) is 6.43. The van der Waals surface area contributed by atoms with Crippen molar-refractivity contribution >= 4 is 16.9 Å². The lowest BCUT2D eigenvalue weighted by molar-refractivity contribution is 0.0473. The summed E-state index contributed by atoms with van der Waals surface area (Å²) in [6, 6.07) is 9.64. The Labute approximate surface area is 144 Å². The van der Waals surface area contributed by atoms with E-state index in [0.29, 0.717) is 16.7 Å². The van der Waals surface area contributed by atoms with Gasteiger partial charge in [0.1, 0.15) is 17.9 Å². The molecule has 0 aliphatic heterocycles. The summed E-state index contributed by atoms with van der Waals surface area (Å²) >= 11 is 0. The first-order valence-electron chi connectivity index (χ1n) is 7.86. The third-order valence-corrected chi connectivity index (χ3v) is 4.25. The number of hydrogen-bond donors (Lipinski definition) is 1. The van der Waals surface area contributed by atoms with Crippen molar-refractivity contribution in [2.45, 2.75) is 27.4 Å². The van der Waals surface area contributed by atoms with Crippen molar-refractivity contribution in [3.63, 3.8) is 0 Å². The Bertz CT molecular complexity index is 1030. The van der Waals surface area contributed by atoms with Crippen LogP contribution in [0.3, 0.4) is 0 Å². The molecule has 0 saturated carbocycles. The molecule has 128 valence electrons. The molecule has 0 amide bonds. The molecule has 1 N–H and O–H groups in total. The first kappa shape index (κ1) is 16.8. The number of carbonyl (C=O) groups is 1. The maximum atomic E-state index is 12.2. The number of hydrogen-bond acceptors (Lipinski definition) is 5. The van der Waals surface area contributed by atoms with Crippen LogP contribution in [0.1, 0.15) is 32.6 Å². The van der Waals surface area contributed by atoms with E-state index in [-0.39, 0.29) is 17.9 Å². The number of rotatable bonds is 3. The highest BCUT2D eigenvalue weighted by Crippen LogP contribution is 2.23. The quantitative estimate of drug-likeness (QED) is 0.581. The molecule has 0 radical (unpaired) electrons. The van der Waals surface area contributed by atoms with Crippen LogP contribution in [0.4, 0.5) is 0 Å². The number of carbonyl (C=O) groups excluding carboxylic acids is 1. The Morgan fingerprint density at radius 1 is 1.04 bits per heavy atom. The number of ether oxygens (including phenoxy) is 1. The lowest BCUT2D eigenvalue weighted by Gasteiger charge is -2.09. The highest BCUT2D eigenvalue weighted by molar-refractivity contribution is 5.90. The normalized spacial score (nSPS) is 10.8. The Balaban J connectivity index is 1.90. The molecule has 0 aliphatic carbocycles. The molecule has 3 aromatic rings. The van der Waals surface area contributed by atoms with E-state index >= 15 is 0 Å². The lowest BCUT2D eigenvalue weighted by atomic mass is 10.0. The van der Waals surface area contributed by atoms with Gasteiger partial charge in [-0.25, -0.2) is 9.59 Å². The Hall–Kier alpha value is -3.08. The zero-order valence-corrected chi connectivity index (χ0v) is 14.3. The highest BCUT2D eigenvalue weighted by atomic mass is 16.5. The van der Waals surface area contributed by atoms with Crippen molar-refractivity contribution in [2.24, 2.45) is 0 Å². The van der Waals surface area contributed by atoms with Crippen LogP contribution in [0.5, 0.6) is 5.75 Å². The predicted molar refractivity (Wildman–Crippen MR) is 93.9 cm³/mol. The van der Waals surface area contributed by atoms with E-state index in [1.807, 2.05) is 19.9 Å². The van der Waals surface area contributed by atoms with Crippen molar-refractivity contribution in [3.05, 3.63) is 74.6 Å². The van der Waals surface area contributed by atoms with Crippen LogP contribution in [0, 0.1) is 20.8 Å². The van der Waals surface area contributed by atoms with Crippen LogP contribution in [0.15, 0.2) is 45.6 Å². The molecule has 1 aromatic heterocycles. The van der Waals surface area contributed by atoms with E-state index in [9.17, 15) is 14.7 Å². The number of fused-ring (bicyclic) bond motifs is 1. The smallest absolute Gasteiger partial charge is 0.338 e. The molecule has 0 bridgehead atoms. The molecule has 1 heterocycles. The van der Waals surface area contributed by atoms with Crippen molar-refractivity contribution in [1.29, 1.82) is 0 Å². The molecule has 5 nitrogen and oxygen atoms in total. The van der Waals surface area contributed by atoms with Gasteiger partial charge in [-0.2, -0.15) is 0 Å². The molecule has 0 fully saturated rings. The summed E-state index contributed by atoms with van der Waals surface area (Å²) < 4.78 is 10.5. The fraction of sp³-hybridized carbons (Fsp3) is 0.200. The van der Waals surface area contributed by atoms with Crippen molar-refractivity contribution in [3.8, 4) is 5.75 Å². The van der Waals surface area contributed by atoms with E-state index in [4.69, 9.17) is 9.15 Å². The second-order valence-electron chi connectivity index (χ2n) is 6.10. The van der Waals surface area contributed by atoms with E-state index in [0.717, 1.165) is 16.5 Å². The van der Waals surface area contributed by atoms with Gasteiger partial charge in [-0.15, -0.1) is 0 Å². The molecular formula is C20H18O5. The van der Waals surface area contributed by atoms with E-state index in [2.05, 4.69) is 0 Å². The van der Waals surface area contributed by atoms with Crippen molar-refractivity contribution in [1.82, 2.24) is 0 Å². The lowest BCUT2D eigenvalue weighted by Crippen LogP contribution is -2.08. The highest BCUT2D eigenvalue weighted by Gasteiger charge is 2.13. The van der Waals surface area contributed by atoms with Gasteiger partial charge in [0.15, 0.2) is 0 Å². The first-order chi connectivity index (χ1) is 11.8. The molecule has 0 unspecified atom stereocenters. The average Bonchev–Trinajstić information content (AvgIpc) is 2.56. The monoisotopic (exact) mass is 338 g/mol. The minimum absolute atomic E-state index is 0.0337. The zero-order valence-electron chi connectivity index (χ0n) is 14.3. The van der Waals surface area contributed by atoms with Gasteiger partial charge in [0.2, 0.25) is 0 Å². The van der Waals surface area contributed by atoms with Crippen molar-refractivity contribution < 1.29 is 19.1 Å². The summed E-state index contributed by atoms with van der Waals surface area (Å²) in [6.07, 6.45) is 0. The van der Waals surface area contributed by atoms with Gasteiger partial charge < -0.3 is 14.3 Å². The van der Waals surface area contributed by atoms with Gasteiger partial charge in [0.25, 0.3) is 0 Å². The van der Waals surface area contributed by atoms with E-state index in [1.54, 1.807) is 25.1 Å². The van der Waals surface area contributed by atoms with Crippen LogP contribution in [-0.2, 0) is 11.3 Å². The van der Waals surface area contributed by atoms with Crippen LogP contribution in [-0.4, -0.2) is 11.1 Å². The predicted octanol–water partition coefficient (Wildman–Crippen LogP) is 3.78. The second-order valence-corrected chi connectivity index (χ2v) is 6.10. The Morgan fingerprint density at radius 3 is 2.48 bits per heavy atom. The third-order valence-electron chi connectivity index (χ3n) is 4.25. The summed E-state index contributed by atoms with van der Waals surface area (Å²) in [6.45, 7) is 5.58. The molecule has 0 spiro atoms. The maximum Gasteiger partial charge on any atom is 0.338 e. The molecule has 3 rings (SSSR count). The minimum Gasteiger partial charge on any atom is -0.508 e. The summed E-state index contributed by atoms with van der Waals surface area (Å²) in [7, 11) is 0. The molecule has 0 aliphatic rings. The largest absolute Gasteiger partial charge is 0.508 e. The van der Waals surface area contributed by atoms with Crippen LogP contribution in [0.25, 0.3) is 11.0 Å². The summed E-state index contributed by atoms with van der Waals surface area (Å²) in [5, 5.41) is 10.4. The number of phenolic OH excluding ortho intramolecular Hbond substituents is 1. The van der Waals surface area contributed by atoms with E-state index in [1.165, 1.54) is 12.1 Å². The standard InChI is InChI=1S/C20H18O5/c1-11-4-5-14(8-17(11)21)20(23)24-10-15-9-19(22)25-18-7-13(3)12(2)6-16(15)18/h4-9,21H,10H2,1-3H3.